The average molecular weight is 334 g/mol. The lowest BCUT2D eigenvalue weighted by molar-refractivity contribution is 0.175. The van der Waals surface area contributed by atoms with E-state index in [-0.39, 0.29) is 0 Å². The molecule has 2 fully saturated rings. The number of nitrogen functional groups attached to an aromatic ring is 1. The Hall–Kier alpha value is -1.01. The zero-order valence-electron chi connectivity index (χ0n) is 13.8. The van der Waals surface area contributed by atoms with Crippen LogP contribution >= 0.6 is 11.8 Å². The number of anilines is 2. The summed E-state index contributed by atoms with van der Waals surface area (Å²) in [5, 5.41) is 0. The van der Waals surface area contributed by atoms with E-state index in [0.29, 0.717) is 5.95 Å². The lowest BCUT2D eigenvalue weighted by Crippen LogP contribution is -2.51. The number of fused-ring (bicyclic) bond motifs is 1. The molecule has 3 aliphatic rings. The number of nitrogens with two attached hydrogens (primary N) is 1. The molecule has 1 aromatic heterocycles. The number of aryl methyl sites for hydroxylation is 1. The van der Waals surface area contributed by atoms with Gasteiger partial charge in [0.25, 0.3) is 0 Å². The summed E-state index contributed by atoms with van der Waals surface area (Å²) in [6.45, 7) is 4.47. The highest BCUT2D eigenvalue weighted by Crippen LogP contribution is 2.30. The Kier molecular flexibility index (Phi) is 4.62. The summed E-state index contributed by atoms with van der Waals surface area (Å²) < 4.78 is 0. The fourth-order valence-corrected chi connectivity index (χ4v) is 5.29. The van der Waals surface area contributed by atoms with E-state index in [1.807, 2.05) is 0 Å². The molecule has 0 radical (unpaired) electrons. The Labute approximate surface area is 143 Å². The molecule has 6 heteroatoms. The van der Waals surface area contributed by atoms with Gasteiger partial charge in [-0.1, -0.05) is 0 Å². The first-order chi connectivity index (χ1) is 11.3. The molecule has 2 N–H and O–H groups in total. The highest BCUT2D eigenvalue weighted by atomic mass is 32.2. The number of piperazine rings is 1. The van der Waals surface area contributed by atoms with Gasteiger partial charge in [-0.2, -0.15) is 16.7 Å². The first-order valence-corrected chi connectivity index (χ1v) is 10.2. The summed E-state index contributed by atoms with van der Waals surface area (Å²) in [5.41, 5.74) is 8.54. The molecule has 1 aliphatic carbocycles. The molecule has 1 aromatic rings. The summed E-state index contributed by atoms with van der Waals surface area (Å²) in [6.07, 6.45) is 7.39. The van der Waals surface area contributed by atoms with Crippen molar-refractivity contribution in [1.82, 2.24) is 14.9 Å². The van der Waals surface area contributed by atoms with Gasteiger partial charge in [-0.05, 0) is 50.0 Å². The van der Waals surface area contributed by atoms with Gasteiger partial charge in [-0.15, -0.1) is 0 Å². The Balaban J connectivity index is 1.47. The molecule has 2 aliphatic heterocycles. The molecule has 126 valence electrons. The van der Waals surface area contributed by atoms with Crippen LogP contribution in [0.4, 0.5) is 11.8 Å². The van der Waals surface area contributed by atoms with Crippen LogP contribution < -0.4 is 10.6 Å². The molecule has 0 saturated carbocycles. The normalized spacial score (nSPS) is 23.7. The molecule has 4 rings (SSSR count). The second-order valence-electron chi connectivity index (χ2n) is 6.90. The van der Waals surface area contributed by atoms with E-state index in [9.17, 15) is 0 Å². The Morgan fingerprint density at radius 2 is 1.70 bits per heavy atom. The minimum absolute atomic E-state index is 0.451. The minimum Gasteiger partial charge on any atom is -0.368 e. The van der Waals surface area contributed by atoms with Gasteiger partial charge in [0.05, 0.1) is 5.69 Å². The van der Waals surface area contributed by atoms with Crippen molar-refractivity contribution in [3.05, 3.63) is 11.3 Å². The smallest absolute Gasteiger partial charge is 0.222 e. The van der Waals surface area contributed by atoms with E-state index >= 15 is 0 Å². The van der Waals surface area contributed by atoms with E-state index in [1.165, 1.54) is 48.4 Å². The SMILES string of the molecule is Nc1nc2c(c(N3CCN(C4CCSCC4)CC3)n1)CCCC2. The van der Waals surface area contributed by atoms with Gasteiger partial charge in [-0.25, -0.2) is 4.98 Å². The van der Waals surface area contributed by atoms with E-state index in [1.54, 1.807) is 0 Å². The zero-order valence-corrected chi connectivity index (χ0v) is 14.7. The van der Waals surface area contributed by atoms with Gasteiger partial charge in [0, 0.05) is 37.8 Å². The summed E-state index contributed by atoms with van der Waals surface area (Å²) >= 11 is 2.11. The Morgan fingerprint density at radius 1 is 0.957 bits per heavy atom. The quantitative estimate of drug-likeness (QED) is 0.893. The minimum atomic E-state index is 0.451. The number of nitrogens with zero attached hydrogens (tertiary/aromatic N) is 4. The highest BCUT2D eigenvalue weighted by Gasteiger charge is 2.28. The van der Waals surface area contributed by atoms with Crippen molar-refractivity contribution in [3.63, 3.8) is 0 Å². The first-order valence-electron chi connectivity index (χ1n) is 9.03. The number of aromatic nitrogens is 2. The molecule has 0 bridgehead atoms. The van der Waals surface area contributed by atoms with Crippen LogP contribution in [-0.2, 0) is 12.8 Å². The van der Waals surface area contributed by atoms with Crippen molar-refractivity contribution in [2.75, 3.05) is 48.3 Å². The van der Waals surface area contributed by atoms with Crippen LogP contribution in [0.2, 0.25) is 0 Å². The molecule has 23 heavy (non-hydrogen) atoms. The van der Waals surface area contributed by atoms with Crippen molar-refractivity contribution in [3.8, 4) is 0 Å². The maximum Gasteiger partial charge on any atom is 0.222 e. The lowest BCUT2D eigenvalue weighted by atomic mass is 9.96. The van der Waals surface area contributed by atoms with Crippen molar-refractivity contribution >= 4 is 23.5 Å². The monoisotopic (exact) mass is 333 g/mol. The second-order valence-corrected chi connectivity index (χ2v) is 8.13. The maximum absolute atomic E-state index is 5.97. The molecular weight excluding hydrogens is 306 g/mol. The Bertz CT molecular complexity index is 550. The number of hydrogen-bond acceptors (Lipinski definition) is 6. The van der Waals surface area contributed by atoms with Crippen LogP contribution in [-0.4, -0.2) is 58.6 Å². The number of thioether (sulfide) groups is 1. The summed E-state index contributed by atoms with van der Waals surface area (Å²) in [6, 6.07) is 0.808. The second kappa shape index (κ2) is 6.85. The van der Waals surface area contributed by atoms with Gasteiger partial charge in [0.1, 0.15) is 5.82 Å². The molecule has 5 nitrogen and oxygen atoms in total. The fourth-order valence-electron chi connectivity index (χ4n) is 4.20. The van der Waals surface area contributed by atoms with Crippen molar-refractivity contribution in [1.29, 1.82) is 0 Å². The number of rotatable bonds is 2. The van der Waals surface area contributed by atoms with Crippen LogP contribution in [0, 0.1) is 0 Å². The summed E-state index contributed by atoms with van der Waals surface area (Å²) in [5.74, 6) is 4.25. The summed E-state index contributed by atoms with van der Waals surface area (Å²) in [7, 11) is 0. The molecule has 2 saturated heterocycles. The zero-order chi connectivity index (χ0) is 15.6. The average Bonchev–Trinajstić information content (AvgIpc) is 2.62. The lowest BCUT2D eigenvalue weighted by Gasteiger charge is -2.41. The topological polar surface area (TPSA) is 58.3 Å². The third-order valence-corrected chi connectivity index (χ3v) is 6.55. The Morgan fingerprint density at radius 3 is 2.48 bits per heavy atom. The van der Waals surface area contributed by atoms with Gasteiger partial charge < -0.3 is 10.6 Å². The van der Waals surface area contributed by atoms with E-state index < -0.39 is 0 Å². The first kappa shape index (κ1) is 15.5. The van der Waals surface area contributed by atoms with Crippen LogP contribution in [0.25, 0.3) is 0 Å². The van der Waals surface area contributed by atoms with E-state index in [2.05, 4.69) is 31.5 Å². The van der Waals surface area contributed by atoms with Crippen LogP contribution in [0.15, 0.2) is 0 Å². The molecule has 0 aromatic carbocycles. The highest BCUT2D eigenvalue weighted by molar-refractivity contribution is 7.99. The van der Waals surface area contributed by atoms with Crippen LogP contribution in [0.3, 0.4) is 0 Å². The molecule has 0 spiro atoms. The van der Waals surface area contributed by atoms with Gasteiger partial charge in [0.2, 0.25) is 5.95 Å². The van der Waals surface area contributed by atoms with Crippen molar-refractivity contribution < 1.29 is 0 Å². The van der Waals surface area contributed by atoms with Crippen molar-refractivity contribution in [2.45, 2.75) is 44.6 Å². The largest absolute Gasteiger partial charge is 0.368 e. The molecule has 3 heterocycles. The maximum atomic E-state index is 5.97. The van der Waals surface area contributed by atoms with Crippen LogP contribution in [0.1, 0.15) is 36.9 Å². The molecular formula is C17H27N5S. The van der Waals surface area contributed by atoms with Gasteiger partial charge in [-0.3, -0.25) is 4.90 Å². The number of hydrogen-bond donors (Lipinski definition) is 1. The van der Waals surface area contributed by atoms with Gasteiger partial charge in [0.15, 0.2) is 0 Å². The summed E-state index contributed by atoms with van der Waals surface area (Å²) in [4.78, 5) is 14.3. The van der Waals surface area contributed by atoms with Crippen LogP contribution in [0.5, 0.6) is 0 Å². The third-order valence-electron chi connectivity index (χ3n) is 5.50. The predicted octanol–water partition coefficient (Wildman–Crippen LogP) is 1.96. The van der Waals surface area contributed by atoms with Crippen molar-refractivity contribution in [2.24, 2.45) is 0 Å². The molecule has 0 atom stereocenters. The van der Waals surface area contributed by atoms with E-state index in [0.717, 1.165) is 50.9 Å². The molecule has 0 unspecified atom stereocenters. The molecule has 0 amide bonds. The van der Waals surface area contributed by atoms with Gasteiger partial charge >= 0.3 is 0 Å². The fraction of sp³-hybridized carbons (Fsp3) is 0.765. The van der Waals surface area contributed by atoms with E-state index in [4.69, 9.17) is 5.73 Å². The third kappa shape index (κ3) is 3.29. The predicted molar refractivity (Wildman–Crippen MR) is 97.2 cm³/mol. The standard InChI is InChI=1S/C17H27N5S/c18-17-19-15-4-2-1-3-14(15)16(20-17)22-9-7-21(8-10-22)13-5-11-23-12-6-13/h13H,1-12H2,(H2,18,19,20).